The third-order valence-corrected chi connectivity index (χ3v) is 12.2. The van der Waals surface area contributed by atoms with Crippen LogP contribution in [0.3, 0.4) is 0 Å². The smallest absolute Gasteiger partial charge is 0.343 e. The van der Waals surface area contributed by atoms with E-state index in [0.29, 0.717) is 23.7 Å². The second kappa shape index (κ2) is 11.6. The number of hydrogen-bond donors (Lipinski definition) is 2. The number of aromatic nitrogens is 2. The average Bonchev–Trinajstić information content (AvgIpc) is 3.13. The molecule has 2 N–H and O–H groups in total. The number of carbonyl (C=O) groups is 2. The van der Waals surface area contributed by atoms with Gasteiger partial charge in [-0.2, -0.15) is 4.98 Å². The highest BCUT2D eigenvalue weighted by Crippen LogP contribution is 2.39. The van der Waals surface area contributed by atoms with E-state index in [0.717, 1.165) is 11.1 Å². The molecule has 4 rings (SSSR count). The molecule has 41 heavy (non-hydrogen) atoms. The fourth-order valence-corrected chi connectivity index (χ4v) is 5.28. The number of hydrogen-bond acceptors (Lipinski definition) is 9. The van der Waals surface area contributed by atoms with Gasteiger partial charge in [-0.25, -0.2) is 14.6 Å². The van der Waals surface area contributed by atoms with Gasteiger partial charge in [0.15, 0.2) is 8.32 Å². The summed E-state index contributed by atoms with van der Waals surface area (Å²) in [5.74, 6) is -0.257. The number of nitrogens with one attached hydrogen (secondary N) is 2. The Kier molecular flexibility index (Phi) is 8.56. The molecular formula is C31H40N4O5Si. The van der Waals surface area contributed by atoms with E-state index in [2.05, 4.69) is 49.5 Å². The van der Waals surface area contributed by atoms with Crippen molar-refractivity contribution in [2.45, 2.75) is 71.3 Å². The van der Waals surface area contributed by atoms with Crippen LogP contribution in [0.4, 0.5) is 17.5 Å². The number of fused-ring (bicyclic) bond motifs is 1. The highest BCUT2D eigenvalue weighted by molar-refractivity contribution is 6.74. The number of esters is 2. The van der Waals surface area contributed by atoms with Gasteiger partial charge >= 0.3 is 11.9 Å². The molecule has 1 atom stereocenters. The normalized spacial score (nSPS) is 15.1. The molecule has 0 fully saturated rings. The summed E-state index contributed by atoms with van der Waals surface area (Å²) in [6, 6.07) is 15.0. The van der Waals surface area contributed by atoms with Gasteiger partial charge in [-0.15, -0.1) is 0 Å². The van der Waals surface area contributed by atoms with Crippen LogP contribution in [0.5, 0.6) is 0 Å². The van der Waals surface area contributed by atoms with Crippen molar-refractivity contribution in [2.75, 3.05) is 23.8 Å². The molecule has 1 aromatic heterocycles. The topological polar surface area (TPSA) is 112 Å². The maximum atomic E-state index is 12.9. The SMILES string of the molecule is CCOC(=O)c1cnc(Nc2ccc3c(c2)C(C)(C)OC3=O)nc1N[C@H](CO[Si](C)(C)C(C)(C)C)c1ccccc1. The van der Waals surface area contributed by atoms with E-state index in [1.807, 2.05) is 50.2 Å². The Bertz CT molecular complexity index is 1420. The molecule has 10 heteroatoms. The van der Waals surface area contributed by atoms with Gasteiger partial charge in [0.25, 0.3) is 0 Å². The third-order valence-electron chi connectivity index (χ3n) is 7.71. The van der Waals surface area contributed by atoms with Crippen LogP contribution in [-0.4, -0.2) is 43.4 Å². The lowest BCUT2D eigenvalue weighted by Gasteiger charge is -2.37. The Morgan fingerprint density at radius 1 is 1.12 bits per heavy atom. The van der Waals surface area contributed by atoms with Crippen LogP contribution in [0.1, 0.15) is 79.4 Å². The largest absolute Gasteiger partial charge is 0.462 e. The lowest BCUT2D eigenvalue weighted by molar-refractivity contribution is 0.00952. The first-order chi connectivity index (χ1) is 19.2. The molecule has 0 amide bonds. The van der Waals surface area contributed by atoms with E-state index in [1.165, 1.54) is 6.20 Å². The molecule has 0 unspecified atom stereocenters. The van der Waals surface area contributed by atoms with Crippen molar-refractivity contribution in [3.8, 4) is 0 Å². The summed E-state index contributed by atoms with van der Waals surface area (Å²) in [4.78, 5) is 34.2. The van der Waals surface area contributed by atoms with Crippen molar-refractivity contribution in [1.82, 2.24) is 9.97 Å². The minimum atomic E-state index is -2.06. The van der Waals surface area contributed by atoms with Crippen molar-refractivity contribution in [3.05, 3.63) is 77.0 Å². The number of cyclic esters (lactones) is 1. The Balaban J connectivity index is 1.68. The van der Waals surface area contributed by atoms with Crippen LogP contribution in [0.25, 0.3) is 0 Å². The molecule has 2 heterocycles. The van der Waals surface area contributed by atoms with Crippen LogP contribution < -0.4 is 10.6 Å². The molecule has 0 aliphatic carbocycles. The molecule has 0 saturated heterocycles. The van der Waals surface area contributed by atoms with Crippen molar-refractivity contribution in [2.24, 2.45) is 0 Å². The van der Waals surface area contributed by atoms with Gasteiger partial charge in [0.2, 0.25) is 5.95 Å². The first kappa shape index (κ1) is 30.2. The molecule has 9 nitrogen and oxygen atoms in total. The number of carbonyl (C=O) groups excluding carboxylic acids is 2. The predicted molar refractivity (Wildman–Crippen MR) is 162 cm³/mol. The Morgan fingerprint density at radius 2 is 1.83 bits per heavy atom. The molecule has 2 aromatic carbocycles. The van der Waals surface area contributed by atoms with Crippen LogP contribution >= 0.6 is 0 Å². The highest BCUT2D eigenvalue weighted by Gasteiger charge is 2.39. The van der Waals surface area contributed by atoms with Crippen LogP contribution in [0.2, 0.25) is 18.1 Å². The molecule has 3 aromatic rings. The zero-order valence-corrected chi connectivity index (χ0v) is 26.1. The minimum Gasteiger partial charge on any atom is -0.462 e. The molecule has 218 valence electrons. The van der Waals surface area contributed by atoms with Gasteiger partial charge in [-0.05, 0) is 62.7 Å². The molecule has 1 aliphatic rings. The van der Waals surface area contributed by atoms with Crippen molar-refractivity contribution in [1.29, 1.82) is 0 Å². The maximum Gasteiger partial charge on any atom is 0.343 e. The molecule has 0 radical (unpaired) electrons. The fourth-order valence-electron chi connectivity index (χ4n) is 4.26. The second-order valence-corrected chi connectivity index (χ2v) is 16.9. The maximum absolute atomic E-state index is 12.9. The predicted octanol–water partition coefficient (Wildman–Crippen LogP) is 6.98. The van der Waals surface area contributed by atoms with Crippen molar-refractivity contribution in [3.63, 3.8) is 0 Å². The quantitative estimate of drug-likeness (QED) is 0.195. The summed E-state index contributed by atoms with van der Waals surface area (Å²) in [7, 11) is -2.06. The summed E-state index contributed by atoms with van der Waals surface area (Å²) in [5.41, 5.74) is 2.48. The molecule has 0 spiro atoms. The zero-order chi connectivity index (χ0) is 30.0. The van der Waals surface area contributed by atoms with Gasteiger partial charge in [-0.3, -0.25) is 0 Å². The van der Waals surface area contributed by atoms with Crippen molar-refractivity contribution < 1.29 is 23.5 Å². The summed E-state index contributed by atoms with van der Waals surface area (Å²) in [6.45, 7) is 17.1. The minimum absolute atomic E-state index is 0.0381. The van der Waals surface area contributed by atoms with Gasteiger partial charge in [0, 0.05) is 17.4 Å². The molecule has 1 aliphatic heterocycles. The number of rotatable bonds is 10. The van der Waals surface area contributed by atoms with Crippen LogP contribution in [0.15, 0.2) is 54.7 Å². The highest BCUT2D eigenvalue weighted by atomic mass is 28.4. The van der Waals surface area contributed by atoms with Gasteiger partial charge in [-0.1, -0.05) is 51.1 Å². The van der Waals surface area contributed by atoms with Gasteiger partial charge in [0.1, 0.15) is 17.0 Å². The number of nitrogens with zero attached hydrogens (tertiary/aromatic N) is 2. The van der Waals surface area contributed by atoms with Gasteiger partial charge in [0.05, 0.1) is 24.8 Å². The number of benzene rings is 2. The standard InChI is InChI=1S/C31H40N4O5Si/c1-9-38-27(36)23-18-32-29(33-21-15-16-22-24(17-21)31(5,6)40-28(22)37)35-26(23)34-25(20-13-11-10-12-14-20)19-39-41(7,8)30(2,3)4/h10-18,25H,9,19H2,1-8H3,(H2,32,33,34,35)/t25-/m1/s1. The molecule has 0 saturated carbocycles. The Hall–Kier alpha value is -3.76. The lowest BCUT2D eigenvalue weighted by atomic mass is 9.95. The van der Waals surface area contributed by atoms with E-state index < -0.39 is 19.9 Å². The number of ether oxygens (including phenoxy) is 2. The summed E-state index contributed by atoms with van der Waals surface area (Å²) in [5, 5.41) is 6.70. The van der Waals surface area contributed by atoms with E-state index in [1.54, 1.807) is 19.1 Å². The summed E-state index contributed by atoms with van der Waals surface area (Å²) < 4.78 is 17.4. The third kappa shape index (κ3) is 6.77. The number of anilines is 3. The monoisotopic (exact) mass is 576 g/mol. The van der Waals surface area contributed by atoms with Crippen molar-refractivity contribution >= 4 is 37.7 Å². The Labute approximate surface area is 243 Å². The summed E-state index contributed by atoms with van der Waals surface area (Å²) >= 11 is 0. The van der Waals surface area contributed by atoms with Crippen LogP contribution in [0, 0.1) is 0 Å². The van der Waals surface area contributed by atoms with E-state index in [4.69, 9.17) is 18.9 Å². The van der Waals surface area contributed by atoms with Crippen LogP contribution in [-0.2, 0) is 19.5 Å². The van der Waals surface area contributed by atoms with Gasteiger partial charge < -0.3 is 24.5 Å². The first-order valence-corrected chi connectivity index (χ1v) is 16.8. The second-order valence-electron chi connectivity index (χ2n) is 12.1. The van der Waals surface area contributed by atoms with E-state index >= 15 is 0 Å². The first-order valence-electron chi connectivity index (χ1n) is 13.9. The zero-order valence-electron chi connectivity index (χ0n) is 25.1. The Morgan fingerprint density at radius 3 is 2.49 bits per heavy atom. The van der Waals surface area contributed by atoms with E-state index in [9.17, 15) is 9.59 Å². The fraction of sp³-hybridized carbons (Fsp3) is 0.419. The summed E-state index contributed by atoms with van der Waals surface area (Å²) in [6.07, 6.45) is 1.45. The molecule has 0 bridgehead atoms. The lowest BCUT2D eigenvalue weighted by Crippen LogP contribution is -2.42. The molecular weight excluding hydrogens is 536 g/mol. The average molecular weight is 577 g/mol. The van der Waals surface area contributed by atoms with E-state index in [-0.39, 0.29) is 35.2 Å².